The van der Waals surface area contributed by atoms with Crippen LogP contribution in [0, 0.1) is 0 Å². The molecule has 1 nitrogen and oxygen atoms in total. The number of hydrogen-bond donors (Lipinski definition) is 0. The SMILES string of the molecule is F[B-](F)(F)F.O.[CaH2]. The molecular formula is H4BCaF4O-. The van der Waals surface area contributed by atoms with E-state index in [-0.39, 0.29) is 43.2 Å². The molecule has 0 atom stereocenters. The molecule has 0 aromatic heterocycles. The van der Waals surface area contributed by atoms with Gasteiger partial charge in [-0.1, -0.05) is 0 Å². The topological polar surface area (TPSA) is 31.5 Å². The molecule has 0 heterocycles. The van der Waals surface area contributed by atoms with Crippen LogP contribution in [0.3, 0.4) is 0 Å². The van der Waals surface area contributed by atoms with Crippen molar-refractivity contribution in [1.82, 2.24) is 0 Å². The van der Waals surface area contributed by atoms with Gasteiger partial charge < -0.3 is 22.7 Å². The van der Waals surface area contributed by atoms with Crippen molar-refractivity contribution in [3.8, 4) is 0 Å². The Morgan fingerprint density at radius 3 is 0.857 bits per heavy atom. The Bertz CT molecular complexity index is 27.2. The van der Waals surface area contributed by atoms with E-state index in [0.717, 1.165) is 0 Å². The van der Waals surface area contributed by atoms with E-state index in [4.69, 9.17) is 0 Å². The average molecular weight is 147 g/mol. The Hall–Kier alpha value is 1.00. The summed E-state index contributed by atoms with van der Waals surface area (Å²) in [6.07, 6.45) is 0. The van der Waals surface area contributed by atoms with Crippen LogP contribution < -0.4 is 0 Å². The first-order valence-corrected chi connectivity index (χ1v) is 0.873. The summed E-state index contributed by atoms with van der Waals surface area (Å²) in [4.78, 5) is 0. The van der Waals surface area contributed by atoms with E-state index in [9.17, 15) is 17.3 Å². The third-order valence-electron chi connectivity index (χ3n) is 0. The van der Waals surface area contributed by atoms with E-state index in [1.54, 1.807) is 0 Å². The van der Waals surface area contributed by atoms with Crippen LogP contribution in [0.1, 0.15) is 0 Å². The zero-order valence-electron chi connectivity index (χ0n) is 2.59. The number of hydrogen-bond acceptors (Lipinski definition) is 0. The second-order valence-electron chi connectivity index (χ2n) is 0.495. The van der Waals surface area contributed by atoms with E-state index in [2.05, 4.69) is 0 Å². The monoisotopic (exact) mass is 147 g/mol. The molecule has 0 aromatic rings. The van der Waals surface area contributed by atoms with Crippen molar-refractivity contribution in [2.45, 2.75) is 0 Å². The van der Waals surface area contributed by atoms with Crippen molar-refractivity contribution in [3.05, 3.63) is 0 Å². The fourth-order valence-electron chi connectivity index (χ4n) is 0. The third kappa shape index (κ3) is 174. The molecule has 7 heavy (non-hydrogen) atoms. The predicted molar refractivity (Wildman–Crippen MR) is 22.3 cm³/mol. The Kier molecular flexibility index (Phi) is 11.5. The molecule has 0 aromatic carbocycles. The Balaban J connectivity index is -0.0000000800. The van der Waals surface area contributed by atoms with Gasteiger partial charge in [0, 0.05) is 0 Å². The Morgan fingerprint density at radius 2 is 0.857 bits per heavy atom. The number of halogens is 4. The fourth-order valence-corrected chi connectivity index (χ4v) is 0. The normalized spacial score (nSPS) is 8.57. The predicted octanol–water partition coefficient (Wildman–Crippen LogP) is -0.441. The van der Waals surface area contributed by atoms with Gasteiger partial charge >= 0.3 is 45.0 Å². The molecule has 0 aliphatic heterocycles. The van der Waals surface area contributed by atoms with Crippen LogP contribution in [0.25, 0.3) is 0 Å². The molecule has 44 valence electrons. The average Bonchev–Trinajstić information content (AvgIpc) is 0.722. The van der Waals surface area contributed by atoms with Crippen molar-refractivity contribution in [2.24, 2.45) is 0 Å². The maximum atomic E-state index is 9.75. The van der Waals surface area contributed by atoms with Crippen molar-refractivity contribution in [2.75, 3.05) is 0 Å². The minimum absolute atomic E-state index is 0. The maximum absolute atomic E-state index is 9.75. The van der Waals surface area contributed by atoms with Gasteiger partial charge in [0.1, 0.15) is 0 Å². The molecule has 0 saturated carbocycles. The minimum atomic E-state index is -6.00. The van der Waals surface area contributed by atoms with Crippen LogP contribution in [0.15, 0.2) is 0 Å². The second kappa shape index (κ2) is 5.15. The summed E-state index contributed by atoms with van der Waals surface area (Å²) in [6.45, 7) is 0. The summed E-state index contributed by atoms with van der Waals surface area (Å²) in [6, 6.07) is 0. The van der Waals surface area contributed by atoms with Gasteiger partial charge in [0.05, 0.1) is 0 Å². The molecule has 0 spiro atoms. The van der Waals surface area contributed by atoms with Gasteiger partial charge in [0.15, 0.2) is 0 Å². The summed E-state index contributed by atoms with van der Waals surface area (Å²) in [5.41, 5.74) is 0. The van der Waals surface area contributed by atoms with Gasteiger partial charge in [-0.05, 0) is 0 Å². The molecule has 0 unspecified atom stereocenters. The summed E-state index contributed by atoms with van der Waals surface area (Å²) in [5.74, 6) is 0. The van der Waals surface area contributed by atoms with Crippen LogP contribution in [0.4, 0.5) is 17.3 Å². The van der Waals surface area contributed by atoms with Crippen molar-refractivity contribution in [3.63, 3.8) is 0 Å². The van der Waals surface area contributed by atoms with E-state index >= 15 is 0 Å². The van der Waals surface area contributed by atoms with Crippen LogP contribution in [-0.4, -0.2) is 50.5 Å². The van der Waals surface area contributed by atoms with Crippen LogP contribution in [0.2, 0.25) is 0 Å². The molecule has 0 amide bonds. The summed E-state index contributed by atoms with van der Waals surface area (Å²) in [7, 11) is -6.00. The second-order valence-corrected chi connectivity index (χ2v) is 0.495. The summed E-state index contributed by atoms with van der Waals surface area (Å²) >= 11 is 0. The molecule has 0 aliphatic rings. The molecule has 0 saturated heterocycles. The summed E-state index contributed by atoms with van der Waals surface area (Å²) < 4.78 is 39.0. The van der Waals surface area contributed by atoms with E-state index < -0.39 is 7.25 Å². The molecule has 2 N–H and O–H groups in total. The van der Waals surface area contributed by atoms with Gasteiger partial charge in [0.2, 0.25) is 0 Å². The van der Waals surface area contributed by atoms with Gasteiger partial charge in [-0.3, -0.25) is 0 Å². The summed E-state index contributed by atoms with van der Waals surface area (Å²) in [5, 5.41) is 0. The van der Waals surface area contributed by atoms with E-state index in [1.165, 1.54) is 0 Å². The van der Waals surface area contributed by atoms with E-state index in [0.29, 0.717) is 0 Å². The van der Waals surface area contributed by atoms with Gasteiger partial charge in [-0.15, -0.1) is 0 Å². The van der Waals surface area contributed by atoms with Crippen LogP contribution in [0.5, 0.6) is 0 Å². The number of rotatable bonds is 0. The molecule has 0 bridgehead atoms. The molecule has 0 aliphatic carbocycles. The first kappa shape index (κ1) is 15.7. The molecule has 0 fully saturated rings. The zero-order valence-corrected chi connectivity index (χ0v) is 2.59. The van der Waals surface area contributed by atoms with Crippen molar-refractivity contribution < 1.29 is 22.7 Å². The van der Waals surface area contributed by atoms with Crippen molar-refractivity contribution in [1.29, 1.82) is 0 Å². The fraction of sp³-hybridized carbons (Fsp3) is 0. The molecule has 7 heteroatoms. The van der Waals surface area contributed by atoms with Gasteiger partial charge in [0.25, 0.3) is 0 Å². The molecular weight excluding hydrogens is 143 g/mol. The van der Waals surface area contributed by atoms with Gasteiger partial charge in [-0.2, -0.15) is 0 Å². The van der Waals surface area contributed by atoms with Crippen LogP contribution in [-0.2, 0) is 0 Å². The quantitative estimate of drug-likeness (QED) is 0.328. The Morgan fingerprint density at radius 1 is 0.857 bits per heavy atom. The standard InChI is InChI=1S/BF4.Ca.H2O.2H/c2-1(3,4)5;;;;/h;;1H2;;/q-1;;;;. The first-order valence-electron chi connectivity index (χ1n) is 0.873. The van der Waals surface area contributed by atoms with Gasteiger partial charge in [-0.25, -0.2) is 0 Å². The Labute approximate surface area is 67.5 Å². The van der Waals surface area contributed by atoms with Crippen molar-refractivity contribution >= 4 is 45.0 Å². The first-order chi connectivity index (χ1) is 2.00. The zero-order chi connectivity index (χ0) is 4.50. The molecule has 0 radical (unpaired) electrons. The third-order valence-corrected chi connectivity index (χ3v) is 0. The van der Waals surface area contributed by atoms with Crippen LogP contribution >= 0.6 is 0 Å². The van der Waals surface area contributed by atoms with E-state index in [1.807, 2.05) is 0 Å². The molecule has 0 rings (SSSR count).